The molecule has 0 saturated heterocycles. The Labute approximate surface area is 113 Å². The minimum Gasteiger partial charge on any atom is -0.399 e. The number of alkyl halides is 2. The summed E-state index contributed by atoms with van der Waals surface area (Å²) in [5.74, 6) is 0.510. The molecule has 3 N–H and O–H groups in total. The average Bonchev–Trinajstić information content (AvgIpc) is 2.34. The number of rotatable bonds is 8. The molecule has 3 nitrogen and oxygen atoms in total. The summed E-state index contributed by atoms with van der Waals surface area (Å²) in [5.41, 5.74) is 6.24. The Kier molecular flexibility index (Phi) is 6.56. The van der Waals surface area contributed by atoms with E-state index in [0.717, 1.165) is 13.0 Å². The van der Waals surface area contributed by atoms with Crippen molar-refractivity contribution in [2.45, 2.75) is 26.7 Å². The van der Waals surface area contributed by atoms with Crippen LogP contribution >= 0.6 is 0 Å². The van der Waals surface area contributed by atoms with E-state index in [0.29, 0.717) is 30.4 Å². The second-order valence-electron chi connectivity index (χ2n) is 4.90. The van der Waals surface area contributed by atoms with Crippen molar-refractivity contribution in [1.82, 2.24) is 0 Å². The molecule has 0 aromatic heterocycles. The maximum atomic E-state index is 12.8. The largest absolute Gasteiger partial charge is 0.399 e. The van der Waals surface area contributed by atoms with Gasteiger partial charge in [0, 0.05) is 36.7 Å². The number of anilines is 2. The Morgan fingerprint density at radius 2 is 2.05 bits per heavy atom. The van der Waals surface area contributed by atoms with Gasteiger partial charge in [0.15, 0.2) is 0 Å². The smallest absolute Gasteiger partial charge is 0.265 e. The van der Waals surface area contributed by atoms with Crippen LogP contribution in [0.1, 0.15) is 32.3 Å². The van der Waals surface area contributed by atoms with Crippen LogP contribution in [0.25, 0.3) is 0 Å². The van der Waals surface area contributed by atoms with Crippen LogP contribution in [0, 0.1) is 5.92 Å². The fourth-order valence-electron chi connectivity index (χ4n) is 1.64. The molecule has 0 aliphatic heterocycles. The Morgan fingerprint density at radius 1 is 1.32 bits per heavy atom. The lowest BCUT2D eigenvalue weighted by atomic mass is 10.1. The van der Waals surface area contributed by atoms with Gasteiger partial charge in [-0.3, -0.25) is 0 Å². The molecule has 0 aliphatic carbocycles. The lowest BCUT2D eigenvalue weighted by Gasteiger charge is -2.12. The summed E-state index contributed by atoms with van der Waals surface area (Å²) in [5, 5.41) is 2.99. The highest BCUT2D eigenvalue weighted by molar-refractivity contribution is 5.58. The predicted molar refractivity (Wildman–Crippen MR) is 74.6 cm³/mol. The Morgan fingerprint density at radius 3 is 2.68 bits per heavy atom. The number of nitrogens with one attached hydrogen (secondary N) is 1. The minimum atomic E-state index is -2.52. The zero-order valence-corrected chi connectivity index (χ0v) is 11.5. The molecule has 0 spiro atoms. The summed E-state index contributed by atoms with van der Waals surface area (Å²) in [7, 11) is 0. The number of ether oxygens (including phenoxy) is 1. The fourth-order valence-corrected chi connectivity index (χ4v) is 1.64. The van der Waals surface area contributed by atoms with Crippen LogP contribution in [0.5, 0.6) is 0 Å². The van der Waals surface area contributed by atoms with E-state index >= 15 is 0 Å². The molecule has 0 fully saturated rings. The molecule has 19 heavy (non-hydrogen) atoms. The van der Waals surface area contributed by atoms with Gasteiger partial charge in [0.25, 0.3) is 6.43 Å². The fraction of sp³-hybridized carbons (Fsp3) is 0.571. The van der Waals surface area contributed by atoms with Gasteiger partial charge < -0.3 is 15.8 Å². The van der Waals surface area contributed by atoms with Crippen LogP contribution in [-0.4, -0.2) is 19.8 Å². The molecular weight excluding hydrogens is 250 g/mol. The van der Waals surface area contributed by atoms with Gasteiger partial charge in [0.05, 0.1) is 0 Å². The third kappa shape index (κ3) is 5.87. The second kappa shape index (κ2) is 7.94. The number of nitrogens with two attached hydrogens (primary N) is 1. The Bertz CT molecular complexity index is 384. The van der Waals surface area contributed by atoms with Crippen molar-refractivity contribution in [2.24, 2.45) is 5.92 Å². The summed E-state index contributed by atoms with van der Waals surface area (Å²) in [6.07, 6.45) is -1.75. The topological polar surface area (TPSA) is 47.3 Å². The van der Waals surface area contributed by atoms with E-state index in [1.54, 1.807) is 12.1 Å². The van der Waals surface area contributed by atoms with Crippen molar-refractivity contribution in [1.29, 1.82) is 0 Å². The number of hydrogen-bond acceptors (Lipinski definition) is 3. The molecule has 0 saturated carbocycles. The van der Waals surface area contributed by atoms with E-state index in [1.807, 2.05) is 0 Å². The summed E-state index contributed by atoms with van der Waals surface area (Å²) in [6, 6.07) is 4.51. The van der Waals surface area contributed by atoms with Gasteiger partial charge in [-0.05, 0) is 30.5 Å². The summed E-state index contributed by atoms with van der Waals surface area (Å²) >= 11 is 0. The van der Waals surface area contributed by atoms with Crippen LogP contribution in [0.3, 0.4) is 0 Å². The maximum Gasteiger partial charge on any atom is 0.265 e. The van der Waals surface area contributed by atoms with Crippen molar-refractivity contribution in [3.05, 3.63) is 23.8 Å². The molecule has 0 radical (unpaired) electrons. The van der Waals surface area contributed by atoms with Crippen molar-refractivity contribution < 1.29 is 13.5 Å². The van der Waals surface area contributed by atoms with Crippen molar-refractivity contribution >= 4 is 11.4 Å². The molecule has 1 aromatic carbocycles. The SMILES string of the molecule is CC(C)COCCCNc1ccc(N)cc1C(F)F. The van der Waals surface area contributed by atoms with E-state index in [9.17, 15) is 8.78 Å². The zero-order chi connectivity index (χ0) is 14.3. The van der Waals surface area contributed by atoms with Crippen LogP contribution < -0.4 is 11.1 Å². The van der Waals surface area contributed by atoms with Crippen LogP contribution in [0.4, 0.5) is 20.2 Å². The van der Waals surface area contributed by atoms with Gasteiger partial charge in [-0.15, -0.1) is 0 Å². The molecule has 0 heterocycles. The molecule has 0 aliphatic rings. The normalized spacial score (nSPS) is 11.3. The number of nitrogen functional groups attached to an aromatic ring is 1. The van der Waals surface area contributed by atoms with Crippen molar-refractivity contribution in [3.63, 3.8) is 0 Å². The maximum absolute atomic E-state index is 12.8. The van der Waals surface area contributed by atoms with Crippen LogP contribution in [-0.2, 0) is 4.74 Å². The molecule has 0 atom stereocenters. The first-order valence-corrected chi connectivity index (χ1v) is 6.50. The van der Waals surface area contributed by atoms with Gasteiger partial charge in [-0.1, -0.05) is 13.8 Å². The van der Waals surface area contributed by atoms with E-state index in [-0.39, 0.29) is 5.56 Å². The van der Waals surface area contributed by atoms with Gasteiger partial charge in [0.2, 0.25) is 0 Å². The molecule has 0 amide bonds. The highest BCUT2D eigenvalue weighted by atomic mass is 19.3. The first-order chi connectivity index (χ1) is 9.00. The van der Waals surface area contributed by atoms with Crippen LogP contribution in [0.2, 0.25) is 0 Å². The van der Waals surface area contributed by atoms with E-state index in [4.69, 9.17) is 10.5 Å². The lowest BCUT2D eigenvalue weighted by Crippen LogP contribution is -2.09. The third-order valence-electron chi connectivity index (χ3n) is 2.54. The Balaban J connectivity index is 2.37. The monoisotopic (exact) mass is 272 g/mol. The van der Waals surface area contributed by atoms with Gasteiger partial charge >= 0.3 is 0 Å². The van der Waals surface area contributed by atoms with Crippen LogP contribution in [0.15, 0.2) is 18.2 Å². The molecule has 0 bridgehead atoms. The minimum absolute atomic E-state index is 0.0527. The molecule has 1 rings (SSSR count). The molecule has 5 heteroatoms. The van der Waals surface area contributed by atoms with E-state index in [2.05, 4.69) is 19.2 Å². The van der Waals surface area contributed by atoms with Crippen molar-refractivity contribution in [2.75, 3.05) is 30.8 Å². The number of hydrogen-bond donors (Lipinski definition) is 2. The Hall–Kier alpha value is -1.36. The highest BCUT2D eigenvalue weighted by Crippen LogP contribution is 2.28. The van der Waals surface area contributed by atoms with E-state index < -0.39 is 6.43 Å². The lowest BCUT2D eigenvalue weighted by molar-refractivity contribution is 0.110. The van der Waals surface area contributed by atoms with E-state index in [1.165, 1.54) is 6.07 Å². The first kappa shape index (κ1) is 15.7. The highest BCUT2D eigenvalue weighted by Gasteiger charge is 2.12. The number of benzene rings is 1. The standard InChI is InChI=1S/C14H22F2N2O/c1-10(2)9-19-7-3-6-18-13-5-4-11(17)8-12(13)14(15)16/h4-5,8,10,14,18H,3,6-7,9,17H2,1-2H3. The molecule has 0 unspecified atom stereocenters. The second-order valence-corrected chi connectivity index (χ2v) is 4.90. The number of halogens is 2. The summed E-state index contributed by atoms with van der Waals surface area (Å²) in [4.78, 5) is 0. The first-order valence-electron chi connectivity index (χ1n) is 6.50. The predicted octanol–water partition coefficient (Wildman–Crippen LogP) is 3.68. The molecule has 1 aromatic rings. The average molecular weight is 272 g/mol. The summed E-state index contributed by atoms with van der Waals surface area (Å²) < 4.78 is 31.0. The molecule has 108 valence electrons. The summed E-state index contributed by atoms with van der Waals surface area (Å²) in [6.45, 7) is 6.12. The van der Waals surface area contributed by atoms with Crippen molar-refractivity contribution in [3.8, 4) is 0 Å². The van der Waals surface area contributed by atoms with Gasteiger partial charge in [-0.25, -0.2) is 8.78 Å². The zero-order valence-electron chi connectivity index (χ0n) is 11.5. The van der Waals surface area contributed by atoms with Gasteiger partial charge in [0.1, 0.15) is 0 Å². The van der Waals surface area contributed by atoms with Gasteiger partial charge in [-0.2, -0.15) is 0 Å². The third-order valence-corrected chi connectivity index (χ3v) is 2.54. The quantitative estimate of drug-likeness (QED) is 0.560. The molecular formula is C14H22F2N2O.